The minimum atomic E-state index is -0.227. The van der Waals surface area contributed by atoms with Gasteiger partial charge >= 0.3 is 0 Å². The van der Waals surface area contributed by atoms with Crippen molar-refractivity contribution in [2.75, 3.05) is 17.2 Å². The lowest BCUT2D eigenvalue weighted by Gasteiger charge is -2.12. The summed E-state index contributed by atoms with van der Waals surface area (Å²) in [5.74, 6) is 1.35. The van der Waals surface area contributed by atoms with Crippen molar-refractivity contribution in [2.24, 2.45) is 0 Å². The average Bonchev–Trinajstić information content (AvgIpc) is 3.36. The van der Waals surface area contributed by atoms with E-state index in [-0.39, 0.29) is 19.0 Å². The van der Waals surface area contributed by atoms with E-state index in [1.807, 2.05) is 59.4 Å². The second-order valence-electron chi connectivity index (χ2n) is 7.37. The Bertz CT molecular complexity index is 1280. The first-order chi connectivity index (χ1) is 16.5. The van der Waals surface area contributed by atoms with Gasteiger partial charge in [0.25, 0.3) is 0 Å². The predicted molar refractivity (Wildman–Crippen MR) is 137 cm³/mol. The topological polar surface area (TPSA) is 83.9 Å². The summed E-state index contributed by atoms with van der Waals surface area (Å²) in [5.41, 5.74) is 1.79. The molecule has 4 aromatic rings. The van der Waals surface area contributed by atoms with Gasteiger partial charge in [0, 0.05) is 46.6 Å². The molecule has 0 spiro atoms. The van der Waals surface area contributed by atoms with Gasteiger partial charge in [0.15, 0.2) is 0 Å². The van der Waals surface area contributed by atoms with Crippen molar-refractivity contribution in [1.29, 1.82) is 0 Å². The van der Waals surface area contributed by atoms with Gasteiger partial charge in [-0.2, -0.15) is 9.97 Å². The van der Waals surface area contributed by atoms with E-state index in [0.29, 0.717) is 39.2 Å². The van der Waals surface area contributed by atoms with Crippen LogP contribution in [0.3, 0.4) is 0 Å². The van der Waals surface area contributed by atoms with Gasteiger partial charge in [0.2, 0.25) is 11.9 Å². The quantitative estimate of drug-likeness (QED) is 0.271. The summed E-state index contributed by atoms with van der Waals surface area (Å²) >= 11 is 18.2. The van der Waals surface area contributed by atoms with Crippen LogP contribution in [0.25, 0.3) is 5.82 Å². The minimum absolute atomic E-state index is 0.00588. The molecule has 174 valence electrons. The highest BCUT2D eigenvalue weighted by molar-refractivity contribution is 6.35. The fourth-order valence-electron chi connectivity index (χ4n) is 3.14. The Morgan fingerprint density at radius 1 is 0.853 bits per heavy atom. The maximum Gasteiger partial charge on any atom is 0.239 e. The fourth-order valence-corrected chi connectivity index (χ4v) is 3.83. The van der Waals surface area contributed by atoms with Crippen molar-refractivity contribution in [2.45, 2.75) is 13.1 Å². The van der Waals surface area contributed by atoms with E-state index in [2.05, 4.69) is 25.9 Å². The highest BCUT2D eigenvalue weighted by atomic mass is 35.5. The van der Waals surface area contributed by atoms with Crippen molar-refractivity contribution >= 4 is 52.5 Å². The number of carbonyl (C=O) groups is 1. The van der Waals surface area contributed by atoms with Crippen molar-refractivity contribution in [1.82, 2.24) is 19.9 Å². The zero-order chi connectivity index (χ0) is 23.9. The van der Waals surface area contributed by atoms with Gasteiger partial charge in [-0.3, -0.25) is 4.79 Å². The number of benzene rings is 2. The molecule has 2 heterocycles. The Kier molecular flexibility index (Phi) is 7.90. The molecular formula is C24H21Cl3N6O. The Labute approximate surface area is 212 Å². The number of nitrogens with one attached hydrogen (secondary N) is 3. The zero-order valence-corrected chi connectivity index (χ0v) is 20.2. The summed E-state index contributed by atoms with van der Waals surface area (Å²) in [6.07, 6.45) is 3.77. The third-order valence-electron chi connectivity index (χ3n) is 4.84. The number of hydrogen-bond acceptors (Lipinski definition) is 5. The third-order valence-corrected chi connectivity index (χ3v) is 5.66. The monoisotopic (exact) mass is 514 g/mol. The Morgan fingerprint density at radius 3 is 2.41 bits per heavy atom. The molecule has 10 heteroatoms. The molecule has 0 aliphatic carbocycles. The normalized spacial score (nSPS) is 10.7. The van der Waals surface area contributed by atoms with Crippen LogP contribution >= 0.6 is 34.8 Å². The van der Waals surface area contributed by atoms with Gasteiger partial charge in [0.1, 0.15) is 11.6 Å². The minimum Gasteiger partial charge on any atom is -0.366 e. The molecule has 0 radical (unpaired) electrons. The summed E-state index contributed by atoms with van der Waals surface area (Å²) < 4.78 is 1.86. The first kappa shape index (κ1) is 23.9. The fraction of sp³-hybridized carbons (Fsp3) is 0.125. The molecule has 0 fully saturated rings. The first-order valence-corrected chi connectivity index (χ1v) is 11.5. The number of amides is 1. The Hall–Kier alpha value is -3.26. The summed E-state index contributed by atoms with van der Waals surface area (Å²) in [6.45, 7) is 0.811. The lowest BCUT2D eigenvalue weighted by molar-refractivity contribution is -0.119. The standard InChI is InChI=1S/C24H21Cl3N6O/c25-18-5-3-4-16(10-18)13-28-21-12-22(33-8-1-2-9-33)32-24(31-21)30-15-23(34)29-14-17-6-7-19(26)11-20(17)27/h1-12H,13-15H2,(H,29,34)(H2,28,30,31,32). The van der Waals surface area contributed by atoms with Crippen molar-refractivity contribution in [3.8, 4) is 5.82 Å². The number of carbonyl (C=O) groups excluding carboxylic acids is 1. The van der Waals surface area contributed by atoms with Gasteiger partial charge in [-0.25, -0.2) is 0 Å². The molecule has 2 aromatic heterocycles. The van der Waals surface area contributed by atoms with Crippen molar-refractivity contribution < 1.29 is 4.79 Å². The van der Waals surface area contributed by atoms with E-state index in [1.165, 1.54) is 0 Å². The first-order valence-electron chi connectivity index (χ1n) is 10.4. The van der Waals surface area contributed by atoms with Crippen LogP contribution in [0.5, 0.6) is 0 Å². The third kappa shape index (κ3) is 6.63. The average molecular weight is 516 g/mol. The van der Waals surface area contributed by atoms with E-state index < -0.39 is 0 Å². The summed E-state index contributed by atoms with van der Waals surface area (Å²) in [5, 5.41) is 10.8. The molecule has 0 aliphatic heterocycles. The van der Waals surface area contributed by atoms with Gasteiger partial charge in [-0.15, -0.1) is 0 Å². The van der Waals surface area contributed by atoms with E-state index >= 15 is 0 Å². The number of halogens is 3. The molecule has 3 N–H and O–H groups in total. The van der Waals surface area contributed by atoms with Gasteiger partial charge in [0.05, 0.1) is 6.54 Å². The highest BCUT2D eigenvalue weighted by Crippen LogP contribution is 2.21. The van der Waals surface area contributed by atoms with Crippen LogP contribution in [0.4, 0.5) is 11.8 Å². The van der Waals surface area contributed by atoms with E-state index in [4.69, 9.17) is 34.8 Å². The summed E-state index contributed by atoms with van der Waals surface area (Å²) in [7, 11) is 0. The number of aromatic nitrogens is 3. The lowest BCUT2D eigenvalue weighted by Crippen LogP contribution is -2.30. The van der Waals surface area contributed by atoms with Crippen LogP contribution in [0.15, 0.2) is 73.1 Å². The molecule has 0 bridgehead atoms. The second kappa shape index (κ2) is 11.2. The van der Waals surface area contributed by atoms with E-state index in [0.717, 1.165) is 11.1 Å². The van der Waals surface area contributed by atoms with Crippen LogP contribution in [-0.2, 0) is 17.9 Å². The van der Waals surface area contributed by atoms with E-state index in [1.54, 1.807) is 18.2 Å². The molecule has 0 saturated carbocycles. The number of hydrogen-bond donors (Lipinski definition) is 3. The molecule has 0 saturated heterocycles. The maximum atomic E-state index is 12.4. The van der Waals surface area contributed by atoms with Crippen LogP contribution in [0.1, 0.15) is 11.1 Å². The highest BCUT2D eigenvalue weighted by Gasteiger charge is 2.09. The smallest absolute Gasteiger partial charge is 0.239 e. The van der Waals surface area contributed by atoms with Crippen LogP contribution < -0.4 is 16.0 Å². The summed E-state index contributed by atoms with van der Waals surface area (Å²) in [4.78, 5) is 21.4. The molecule has 2 aromatic carbocycles. The zero-order valence-electron chi connectivity index (χ0n) is 17.9. The Balaban J connectivity index is 1.42. The molecular weight excluding hydrogens is 495 g/mol. The SMILES string of the molecule is O=C(CNc1nc(NCc2cccc(Cl)c2)cc(-n2cccc2)n1)NCc1ccc(Cl)cc1Cl. The molecule has 0 unspecified atom stereocenters. The van der Waals surface area contributed by atoms with Crippen LogP contribution in [0.2, 0.25) is 15.1 Å². The van der Waals surface area contributed by atoms with Gasteiger partial charge < -0.3 is 20.5 Å². The van der Waals surface area contributed by atoms with E-state index in [9.17, 15) is 4.79 Å². The maximum absolute atomic E-state index is 12.4. The van der Waals surface area contributed by atoms with Crippen molar-refractivity contribution in [3.63, 3.8) is 0 Å². The molecule has 4 rings (SSSR count). The van der Waals surface area contributed by atoms with Gasteiger partial charge in [-0.05, 0) is 47.5 Å². The molecule has 0 atom stereocenters. The predicted octanol–water partition coefficient (Wildman–Crippen LogP) is 5.57. The molecule has 0 aliphatic rings. The van der Waals surface area contributed by atoms with Crippen molar-refractivity contribution in [3.05, 3.63) is 99.3 Å². The molecule has 1 amide bonds. The lowest BCUT2D eigenvalue weighted by atomic mass is 10.2. The Morgan fingerprint density at radius 2 is 1.65 bits per heavy atom. The number of anilines is 2. The molecule has 7 nitrogen and oxygen atoms in total. The number of nitrogens with zero attached hydrogens (tertiary/aromatic N) is 3. The molecule has 34 heavy (non-hydrogen) atoms. The number of rotatable bonds is 9. The summed E-state index contributed by atoms with van der Waals surface area (Å²) in [6, 6.07) is 18.4. The van der Waals surface area contributed by atoms with Gasteiger partial charge in [-0.1, -0.05) is 53.0 Å². The van der Waals surface area contributed by atoms with Crippen LogP contribution in [-0.4, -0.2) is 27.0 Å². The largest absolute Gasteiger partial charge is 0.366 e. The van der Waals surface area contributed by atoms with Crippen LogP contribution in [0, 0.1) is 0 Å². The second-order valence-corrected chi connectivity index (χ2v) is 8.65.